The second-order valence-corrected chi connectivity index (χ2v) is 8.03. The van der Waals surface area contributed by atoms with Crippen molar-refractivity contribution in [3.05, 3.63) is 89.4 Å². The number of nitrogens with zero attached hydrogens (tertiary/aromatic N) is 3. The number of hydrogen-bond donors (Lipinski definition) is 0. The van der Waals surface area contributed by atoms with Gasteiger partial charge in [0.25, 0.3) is 11.5 Å². The van der Waals surface area contributed by atoms with Crippen molar-refractivity contribution < 1.29 is 4.42 Å². The van der Waals surface area contributed by atoms with Gasteiger partial charge in [0.1, 0.15) is 6.49 Å². The fourth-order valence-corrected chi connectivity index (χ4v) is 4.76. The SMILES string of the molecule is Cc1cc(C)c(-[b-]2cc3ccccc3c3n(C)c(-c4ccccc4)n[n+]23)c(C)c1. The van der Waals surface area contributed by atoms with E-state index in [2.05, 4.69) is 103 Å². The molecule has 0 aliphatic carbocycles. The zero-order valence-corrected chi connectivity index (χ0v) is 17.3. The Hall–Kier alpha value is -3.27. The summed E-state index contributed by atoms with van der Waals surface area (Å²) >= 11 is 0. The molecule has 0 atom stereocenters. The summed E-state index contributed by atoms with van der Waals surface area (Å²) < 4.78 is 4.43. The molecule has 0 saturated carbocycles. The minimum Gasteiger partial charge on any atom is -0.337 e. The highest BCUT2D eigenvalue weighted by atomic mass is 15.3. The number of aromatic nitrogens is 3. The van der Waals surface area contributed by atoms with Gasteiger partial charge in [0.05, 0.1) is 12.4 Å². The third kappa shape index (κ3) is 2.79. The van der Waals surface area contributed by atoms with Gasteiger partial charge in [-0.3, -0.25) is 0 Å². The lowest BCUT2D eigenvalue weighted by molar-refractivity contribution is -0.519. The fraction of sp³-hybridized carbons (Fsp3) is 0.160. The second-order valence-electron chi connectivity index (χ2n) is 8.03. The zero-order chi connectivity index (χ0) is 20.1. The van der Waals surface area contributed by atoms with Crippen LogP contribution in [0.3, 0.4) is 0 Å². The number of rotatable bonds is 2. The molecule has 0 bridgehead atoms. The Bertz CT molecular complexity index is 1360. The van der Waals surface area contributed by atoms with E-state index in [1.54, 1.807) is 0 Å². The van der Waals surface area contributed by atoms with Crippen molar-refractivity contribution in [2.45, 2.75) is 20.8 Å². The minimum atomic E-state index is 0.0733. The zero-order valence-electron chi connectivity index (χ0n) is 17.3. The molecule has 0 radical (unpaired) electrons. The van der Waals surface area contributed by atoms with Gasteiger partial charge in [-0.15, -0.1) is 0 Å². The first-order valence-corrected chi connectivity index (χ1v) is 10.1. The third-order valence-electron chi connectivity index (χ3n) is 5.92. The number of aryl methyl sites for hydroxylation is 4. The molecule has 2 heterocycles. The van der Waals surface area contributed by atoms with Crippen molar-refractivity contribution in [1.29, 1.82) is 0 Å². The summed E-state index contributed by atoms with van der Waals surface area (Å²) in [5.41, 5.74) is 7.55. The predicted octanol–water partition coefficient (Wildman–Crippen LogP) is 4.92. The van der Waals surface area contributed by atoms with Gasteiger partial charge >= 0.3 is 0 Å². The molecule has 2 aromatic heterocycles. The molecule has 0 unspecified atom stereocenters. The highest BCUT2D eigenvalue weighted by Gasteiger charge is 2.20. The highest BCUT2D eigenvalue weighted by Crippen LogP contribution is 2.25. The molecule has 0 N–H and O–H groups in total. The molecule has 0 saturated heterocycles. The number of hydrogen-bond acceptors (Lipinski definition) is 1. The van der Waals surface area contributed by atoms with Crippen molar-refractivity contribution in [3.63, 3.8) is 0 Å². The molecule has 0 spiro atoms. The maximum Gasteiger partial charge on any atom is 0.264 e. The predicted molar refractivity (Wildman–Crippen MR) is 121 cm³/mol. The molecule has 3 aromatic carbocycles. The van der Waals surface area contributed by atoms with E-state index < -0.39 is 0 Å². The first-order chi connectivity index (χ1) is 14.0. The average molecular weight is 377 g/mol. The van der Waals surface area contributed by atoms with E-state index in [4.69, 9.17) is 5.10 Å². The lowest BCUT2D eigenvalue weighted by atomic mass is 9.63. The van der Waals surface area contributed by atoms with Crippen LogP contribution in [-0.2, 0) is 7.05 Å². The average Bonchev–Trinajstić information content (AvgIpc) is 3.06. The highest BCUT2D eigenvalue weighted by molar-refractivity contribution is 6.58. The Kier molecular flexibility index (Phi) is 4.09. The topological polar surface area (TPSA) is 21.9 Å². The number of fused-ring (bicyclic) bond motifs is 3. The van der Waals surface area contributed by atoms with Crippen LogP contribution in [0, 0.1) is 20.8 Å². The van der Waals surface area contributed by atoms with E-state index in [1.807, 2.05) is 6.07 Å². The molecular formula is C25H24BN3. The smallest absolute Gasteiger partial charge is 0.264 e. The van der Waals surface area contributed by atoms with Crippen molar-refractivity contribution >= 4 is 22.9 Å². The summed E-state index contributed by atoms with van der Waals surface area (Å²) in [4.78, 5) is 0. The van der Waals surface area contributed by atoms with Gasteiger partial charge in [-0.1, -0.05) is 70.3 Å². The standard InChI is InChI=1S/C25H24BN3/c1-17-14-18(2)23(19(3)15-17)26-16-21-12-8-9-13-22(21)25-28(4)24(27-29(25)26)20-10-6-5-7-11-20/h5-16H,1-4H3. The maximum atomic E-state index is 5.13. The van der Waals surface area contributed by atoms with Gasteiger partial charge in [-0.2, -0.15) is 5.46 Å². The van der Waals surface area contributed by atoms with Crippen LogP contribution in [0.5, 0.6) is 0 Å². The van der Waals surface area contributed by atoms with Crippen LogP contribution in [0.15, 0.2) is 72.7 Å². The van der Waals surface area contributed by atoms with Crippen molar-refractivity contribution in [3.8, 4) is 16.9 Å². The van der Waals surface area contributed by atoms with Gasteiger partial charge in [-0.05, 0) is 44.4 Å². The Morgan fingerprint density at radius 1 is 0.862 bits per heavy atom. The molecule has 3 nitrogen and oxygen atoms in total. The van der Waals surface area contributed by atoms with Crippen LogP contribution >= 0.6 is 0 Å². The molecular weight excluding hydrogens is 353 g/mol. The molecule has 0 fully saturated rings. The normalized spacial score (nSPS) is 11.4. The molecule has 5 aromatic rings. The second kappa shape index (κ2) is 6.66. The van der Waals surface area contributed by atoms with Crippen LogP contribution in [0.1, 0.15) is 16.7 Å². The molecule has 0 aliphatic rings. The molecule has 0 amide bonds. The van der Waals surface area contributed by atoms with Crippen LogP contribution in [0.25, 0.3) is 33.3 Å². The van der Waals surface area contributed by atoms with Crippen molar-refractivity contribution in [1.82, 2.24) is 9.67 Å². The summed E-state index contributed by atoms with van der Waals surface area (Å²) in [7, 11) is 2.12. The van der Waals surface area contributed by atoms with Gasteiger partial charge in [-0.25, -0.2) is 10.5 Å². The minimum absolute atomic E-state index is 0.0733. The van der Waals surface area contributed by atoms with Gasteiger partial charge < -0.3 is 4.42 Å². The lowest BCUT2D eigenvalue weighted by Crippen LogP contribution is -2.39. The van der Waals surface area contributed by atoms with E-state index >= 15 is 0 Å². The van der Waals surface area contributed by atoms with E-state index in [-0.39, 0.29) is 6.49 Å². The molecule has 0 aliphatic heterocycles. The van der Waals surface area contributed by atoms with Gasteiger partial charge in [0.15, 0.2) is 0 Å². The fourth-order valence-electron chi connectivity index (χ4n) is 4.76. The quantitative estimate of drug-likeness (QED) is 0.428. The third-order valence-corrected chi connectivity index (χ3v) is 5.92. The Labute approximate surface area is 171 Å². The van der Waals surface area contributed by atoms with Crippen LogP contribution in [0.2, 0.25) is 0 Å². The molecule has 29 heavy (non-hydrogen) atoms. The van der Waals surface area contributed by atoms with Crippen LogP contribution < -0.4 is 4.42 Å². The van der Waals surface area contributed by atoms with Gasteiger partial charge in [0, 0.05) is 5.56 Å². The summed E-state index contributed by atoms with van der Waals surface area (Å²) in [6.45, 7) is 6.66. The molecule has 142 valence electrons. The van der Waals surface area contributed by atoms with E-state index in [1.165, 1.54) is 32.9 Å². The Morgan fingerprint density at radius 2 is 1.52 bits per heavy atom. The summed E-state index contributed by atoms with van der Waals surface area (Å²) in [5.74, 6) is 3.34. The van der Waals surface area contributed by atoms with Crippen LogP contribution in [-0.4, -0.2) is 16.2 Å². The van der Waals surface area contributed by atoms with Crippen molar-refractivity contribution in [2.24, 2.45) is 7.05 Å². The summed E-state index contributed by atoms with van der Waals surface area (Å²) in [5, 5.41) is 7.62. The van der Waals surface area contributed by atoms with Crippen molar-refractivity contribution in [2.75, 3.05) is 0 Å². The van der Waals surface area contributed by atoms with E-state index in [0.29, 0.717) is 0 Å². The first-order valence-electron chi connectivity index (χ1n) is 10.1. The Balaban J connectivity index is 1.95. The van der Waals surface area contributed by atoms with Gasteiger partial charge in [0.2, 0.25) is 0 Å². The van der Waals surface area contributed by atoms with Crippen LogP contribution in [0.4, 0.5) is 0 Å². The van der Waals surface area contributed by atoms with E-state index in [0.717, 1.165) is 17.0 Å². The maximum absolute atomic E-state index is 5.13. The summed E-state index contributed by atoms with van der Waals surface area (Å²) in [6, 6.07) is 23.6. The Morgan fingerprint density at radius 3 is 2.24 bits per heavy atom. The summed E-state index contributed by atoms with van der Waals surface area (Å²) in [6.07, 6.45) is 0. The first kappa shape index (κ1) is 17.8. The monoisotopic (exact) mass is 377 g/mol. The van der Waals surface area contributed by atoms with E-state index in [9.17, 15) is 0 Å². The molecule has 4 heteroatoms. The number of benzene rings is 3. The lowest BCUT2D eigenvalue weighted by Gasteiger charge is -2.19. The molecule has 5 rings (SSSR count). The largest absolute Gasteiger partial charge is 0.337 e.